The summed E-state index contributed by atoms with van der Waals surface area (Å²) in [6.07, 6.45) is 10.6. The molecule has 2 heterocycles. The highest BCUT2D eigenvalue weighted by Crippen LogP contribution is 2.25. The highest BCUT2D eigenvalue weighted by molar-refractivity contribution is 5.94. The molecule has 1 aliphatic heterocycles. The number of ether oxygens (including phenoxy) is 1. The van der Waals surface area contributed by atoms with E-state index in [0.717, 1.165) is 38.5 Å². The Kier molecular flexibility index (Phi) is 6.62. The maximum atomic E-state index is 12.8. The zero-order valence-corrected chi connectivity index (χ0v) is 17.3. The van der Waals surface area contributed by atoms with Crippen molar-refractivity contribution < 1.29 is 14.3 Å². The van der Waals surface area contributed by atoms with Crippen molar-refractivity contribution in [2.75, 3.05) is 13.1 Å². The van der Waals surface area contributed by atoms with Crippen LogP contribution >= 0.6 is 0 Å². The Morgan fingerprint density at radius 3 is 2.33 bits per heavy atom. The van der Waals surface area contributed by atoms with Crippen LogP contribution in [-0.2, 0) is 4.79 Å². The van der Waals surface area contributed by atoms with Crippen LogP contribution in [0.1, 0.15) is 55.3 Å². The van der Waals surface area contributed by atoms with E-state index < -0.39 is 0 Å². The second-order valence-electron chi connectivity index (χ2n) is 8.23. The first kappa shape index (κ1) is 20.4. The van der Waals surface area contributed by atoms with Crippen molar-refractivity contribution in [1.29, 1.82) is 0 Å². The fourth-order valence-corrected chi connectivity index (χ4v) is 4.30. The third-order valence-electron chi connectivity index (χ3n) is 6.08. The van der Waals surface area contributed by atoms with Gasteiger partial charge < -0.3 is 15.0 Å². The fourth-order valence-electron chi connectivity index (χ4n) is 4.30. The van der Waals surface area contributed by atoms with Gasteiger partial charge in [0.1, 0.15) is 11.5 Å². The van der Waals surface area contributed by atoms with Crippen molar-refractivity contribution in [3.05, 3.63) is 54.4 Å². The lowest BCUT2D eigenvalue weighted by atomic mass is 9.88. The van der Waals surface area contributed by atoms with Crippen LogP contribution in [0.2, 0.25) is 0 Å². The third kappa shape index (κ3) is 5.17. The first-order chi connectivity index (χ1) is 14.7. The van der Waals surface area contributed by atoms with Crippen LogP contribution in [0.15, 0.2) is 48.8 Å². The monoisotopic (exact) mass is 407 g/mol. The summed E-state index contributed by atoms with van der Waals surface area (Å²) < 4.78 is 5.73. The van der Waals surface area contributed by atoms with Crippen LogP contribution in [0.4, 0.5) is 0 Å². The number of amides is 2. The summed E-state index contributed by atoms with van der Waals surface area (Å²) in [5.41, 5.74) is 0.651. The van der Waals surface area contributed by atoms with Crippen molar-refractivity contribution in [2.24, 2.45) is 5.92 Å². The lowest BCUT2D eigenvalue weighted by molar-refractivity contribution is -0.126. The number of piperidine rings is 1. The van der Waals surface area contributed by atoms with Crippen molar-refractivity contribution in [1.82, 2.24) is 15.2 Å². The number of pyridine rings is 1. The molecule has 2 aromatic rings. The second kappa shape index (κ2) is 9.74. The number of hydrogen-bond donors (Lipinski definition) is 1. The molecule has 2 fully saturated rings. The Hall–Kier alpha value is -2.89. The number of nitrogens with one attached hydrogen (secondary N) is 1. The molecule has 0 bridgehead atoms. The van der Waals surface area contributed by atoms with Crippen molar-refractivity contribution >= 4 is 11.8 Å². The highest BCUT2D eigenvalue weighted by Gasteiger charge is 2.27. The standard InChI is InChI=1S/C24H29N3O3/c28-23(18-5-2-1-3-6-18)26-20-12-15-27(16-13-20)24(29)19-8-10-21(11-9-19)30-22-7-4-14-25-17-22/h4,7-11,14,17-18,20H,1-3,5-6,12-13,15-16H2,(H,26,28). The van der Waals surface area contributed by atoms with Crippen LogP contribution in [0.25, 0.3) is 0 Å². The number of likely N-dealkylation sites (tertiary alicyclic amines) is 1. The van der Waals surface area contributed by atoms with Gasteiger partial charge in [-0.3, -0.25) is 14.6 Å². The number of rotatable bonds is 5. The average molecular weight is 408 g/mol. The van der Waals surface area contributed by atoms with E-state index in [1.165, 1.54) is 6.42 Å². The van der Waals surface area contributed by atoms with Crippen LogP contribution in [0.5, 0.6) is 11.5 Å². The summed E-state index contributed by atoms with van der Waals surface area (Å²) in [6, 6.07) is 11.0. The molecule has 1 N–H and O–H groups in total. The number of carbonyl (C=O) groups is 2. The number of benzene rings is 1. The highest BCUT2D eigenvalue weighted by atomic mass is 16.5. The minimum Gasteiger partial charge on any atom is -0.456 e. The van der Waals surface area contributed by atoms with E-state index in [0.29, 0.717) is 30.2 Å². The first-order valence-corrected chi connectivity index (χ1v) is 11.0. The van der Waals surface area contributed by atoms with E-state index in [4.69, 9.17) is 4.74 Å². The van der Waals surface area contributed by atoms with E-state index in [2.05, 4.69) is 10.3 Å². The van der Waals surface area contributed by atoms with Gasteiger partial charge in [0.25, 0.3) is 5.91 Å². The average Bonchev–Trinajstić information content (AvgIpc) is 2.81. The van der Waals surface area contributed by atoms with E-state index in [9.17, 15) is 9.59 Å². The molecular weight excluding hydrogens is 378 g/mol. The van der Waals surface area contributed by atoms with Crippen molar-refractivity contribution in [3.63, 3.8) is 0 Å². The van der Waals surface area contributed by atoms with Gasteiger partial charge in [0.15, 0.2) is 0 Å². The van der Waals surface area contributed by atoms with Crippen LogP contribution in [-0.4, -0.2) is 40.8 Å². The molecule has 1 aromatic heterocycles. The third-order valence-corrected chi connectivity index (χ3v) is 6.08. The van der Waals surface area contributed by atoms with Gasteiger partial charge >= 0.3 is 0 Å². The summed E-state index contributed by atoms with van der Waals surface area (Å²) in [6.45, 7) is 1.34. The van der Waals surface area contributed by atoms with E-state index in [1.54, 1.807) is 36.7 Å². The van der Waals surface area contributed by atoms with Gasteiger partial charge in [-0.15, -0.1) is 0 Å². The molecule has 1 saturated heterocycles. The van der Waals surface area contributed by atoms with Gasteiger partial charge in [-0.1, -0.05) is 19.3 Å². The number of carbonyl (C=O) groups excluding carboxylic acids is 2. The summed E-state index contributed by atoms with van der Waals surface area (Å²) in [7, 11) is 0. The molecule has 2 aliphatic rings. The molecular formula is C24H29N3O3. The molecule has 1 aromatic carbocycles. The molecule has 4 rings (SSSR count). The summed E-state index contributed by atoms with van der Waals surface area (Å²) >= 11 is 0. The van der Waals surface area contributed by atoms with E-state index >= 15 is 0 Å². The molecule has 6 heteroatoms. The van der Waals surface area contributed by atoms with Crippen molar-refractivity contribution in [2.45, 2.75) is 51.0 Å². The quantitative estimate of drug-likeness (QED) is 0.807. The zero-order chi connectivity index (χ0) is 20.8. The SMILES string of the molecule is O=C(NC1CCN(C(=O)c2ccc(Oc3cccnc3)cc2)CC1)C1CCCCC1. The molecule has 1 aliphatic carbocycles. The number of nitrogens with zero attached hydrogens (tertiary/aromatic N) is 2. The van der Waals surface area contributed by atoms with Crippen molar-refractivity contribution in [3.8, 4) is 11.5 Å². The molecule has 1 saturated carbocycles. The Labute approximate surface area is 177 Å². The van der Waals surface area contributed by atoms with Crippen LogP contribution in [0, 0.1) is 5.92 Å². The van der Waals surface area contributed by atoms with Crippen LogP contribution in [0.3, 0.4) is 0 Å². The molecule has 6 nitrogen and oxygen atoms in total. The number of hydrogen-bond acceptors (Lipinski definition) is 4. The maximum Gasteiger partial charge on any atom is 0.253 e. The zero-order valence-electron chi connectivity index (χ0n) is 17.3. The van der Waals surface area contributed by atoms with Gasteiger partial charge in [0, 0.05) is 36.8 Å². The van der Waals surface area contributed by atoms with Gasteiger partial charge in [0.05, 0.1) is 6.20 Å². The second-order valence-corrected chi connectivity index (χ2v) is 8.23. The summed E-state index contributed by atoms with van der Waals surface area (Å²) in [5.74, 6) is 1.76. The molecule has 158 valence electrons. The molecule has 0 radical (unpaired) electrons. The van der Waals surface area contributed by atoms with Gasteiger partial charge in [-0.25, -0.2) is 0 Å². The summed E-state index contributed by atoms with van der Waals surface area (Å²) in [5, 5.41) is 3.22. The lowest BCUT2D eigenvalue weighted by Crippen LogP contribution is -2.48. The fraction of sp³-hybridized carbons (Fsp3) is 0.458. The minimum absolute atomic E-state index is 0.0278. The molecule has 0 spiro atoms. The van der Waals surface area contributed by atoms with Gasteiger partial charge in [-0.2, -0.15) is 0 Å². The molecule has 0 unspecified atom stereocenters. The predicted octanol–water partition coefficient (Wildman–Crippen LogP) is 4.18. The first-order valence-electron chi connectivity index (χ1n) is 11.0. The van der Waals surface area contributed by atoms with Crippen LogP contribution < -0.4 is 10.1 Å². The van der Waals surface area contributed by atoms with E-state index in [-0.39, 0.29) is 23.8 Å². The molecule has 0 atom stereocenters. The predicted molar refractivity (Wildman–Crippen MR) is 114 cm³/mol. The number of aromatic nitrogens is 1. The lowest BCUT2D eigenvalue weighted by Gasteiger charge is -2.33. The Balaban J connectivity index is 1.26. The normalized spacial score (nSPS) is 18.1. The van der Waals surface area contributed by atoms with Gasteiger partial charge in [0.2, 0.25) is 5.91 Å². The largest absolute Gasteiger partial charge is 0.456 e. The minimum atomic E-state index is 0.0278. The maximum absolute atomic E-state index is 12.8. The van der Waals surface area contributed by atoms with E-state index in [1.807, 2.05) is 17.0 Å². The molecule has 2 amide bonds. The topological polar surface area (TPSA) is 71.5 Å². The molecule has 30 heavy (non-hydrogen) atoms. The Morgan fingerprint density at radius 2 is 1.67 bits per heavy atom. The smallest absolute Gasteiger partial charge is 0.253 e. The Bertz CT molecular complexity index is 840. The summed E-state index contributed by atoms with van der Waals surface area (Å²) in [4.78, 5) is 31.2. The van der Waals surface area contributed by atoms with Gasteiger partial charge in [-0.05, 0) is 62.1 Å². The Morgan fingerprint density at radius 1 is 0.933 bits per heavy atom.